The van der Waals surface area contributed by atoms with Gasteiger partial charge in [0, 0.05) is 6.54 Å². The second-order valence-electron chi connectivity index (χ2n) is 3.02. The lowest BCUT2D eigenvalue weighted by atomic mass is 9.99. The van der Waals surface area contributed by atoms with Crippen LogP contribution in [0.25, 0.3) is 0 Å². The molecule has 1 aliphatic rings. The average Bonchev–Trinajstić information content (AvgIpc) is 2.18. The zero-order valence-corrected chi connectivity index (χ0v) is 7.20. The maximum absolute atomic E-state index is 9.83. The SMILES string of the molecule is O=[C]NCC1OC(O)C(O)C(O)C1O. The van der Waals surface area contributed by atoms with Gasteiger partial charge in [-0.1, -0.05) is 0 Å². The highest BCUT2D eigenvalue weighted by Gasteiger charge is 2.42. The van der Waals surface area contributed by atoms with Gasteiger partial charge in [0.2, 0.25) is 0 Å². The molecular weight excluding hydrogens is 194 g/mol. The van der Waals surface area contributed by atoms with Crippen LogP contribution < -0.4 is 5.32 Å². The van der Waals surface area contributed by atoms with Crippen LogP contribution in [0.1, 0.15) is 0 Å². The summed E-state index contributed by atoms with van der Waals surface area (Å²) in [6, 6.07) is 0. The minimum absolute atomic E-state index is 0.106. The molecule has 0 saturated carbocycles. The summed E-state index contributed by atoms with van der Waals surface area (Å²) in [4.78, 5) is 9.83. The van der Waals surface area contributed by atoms with Crippen molar-refractivity contribution in [3.63, 3.8) is 0 Å². The average molecular weight is 206 g/mol. The van der Waals surface area contributed by atoms with Crippen molar-refractivity contribution in [2.45, 2.75) is 30.7 Å². The Morgan fingerprint density at radius 1 is 1.14 bits per heavy atom. The van der Waals surface area contributed by atoms with Gasteiger partial charge in [0.1, 0.15) is 24.4 Å². The van der Waals surface area contributed by atoms with Gasteiger partial charge >= 0.3 is 6.41 Å². The minimum Gasteiger partial charge on any atom is -0.388 e. The molecule has 5 unspecified atom stereocenters. The van der Waals surface area contributed by atoms with E-state index in [2.05, 4.69) is 5.32 Å². The summed E-state index contributed by atoms with van der Waals surface area (Å²) in [6.45, 7) is -0.106. The molecule has 14 heavy (non-hydrogen) atoms. The lowest BCUT2D eigenvalue weighted by Crippen LogP contribution is -2.59. The summed E-state index contributed by atoms with van der Waals surface area (Å²) in [5.74, 6) is 0. The molecule has 1 aliphatic heterocycles. The van der Waals surface area contributed by atoms with E-state index in [4.69, 9.17) is 14.9 Å². The van der Waals surface area contributed by atoms with Gasteiger partial charge in [-0.2, -0.15) is 0 Å². The molecule has 1 heterocycles. The number of amides is 1. The molecule has 1 amide bonds. The first-order chi connectivity index (χ1) is 6.57. The number of aliphatic hydroxyl groups is 4. The van der Waals surface area contributed by atoms with Crippen LogP contribution >= 0.6 is 0 Å². The molecule has 1 saturated heterocycles. The fraction of sp³-hybridized carbons (Fsp3) is 0.857. The summed E-state index contributed by atoms with van der Waals surface area (Å²) in [6.07, 6.45) is -5.61. The van der Waals surface area contributed by atoms with Crippen molar-refractivity contribution in [2.24, 2.45) is 0 Å². The number of rotatable bonds is 3. The Hall–Kier alpha value is -0.730. The van der Waals surface area contributed by atoms with Gasteiger partial charge in [0.25, 0.3) is 0 Å². The van der Waals surface area contributed by atoms with Crippen molar-refractivity contribution >= 4 is 6.41 Å². The molecule has 1 rings (SSSR count). The van der Waals surface area contributed by atoms with Crippen molar-refractivity contribution in [3.8, 4) is 0 Å². The fourth-order valence-corrected chi connectivity index (χ4v) is 1.24. The molecule has 0 bridgehead atoms. The molecule has 1 radical (unpaired) electrons. The third-order valence-electron chi connectivity index (χ3n) is 2.06. The van der Waals surface area contributed by atoms with E-state index in [-0.39, 0.29) is 6.54 Å². The van der Waals surface area contributed by atoms with E-state index in [0.29, 0.717) is 0 Å². The molecule has 0 aromatic rings. The summed E-state index contributed by atoms with van der Waals surface area (Å²) in [7, 11) is 0. The number of carbonyl (C=O) groups excluding carboxylic acids is 1. The second kappa shape index (κ2) is 4.67. The van der Waals surface area contributed by atoms with Crippen LogP contribution in [-0.2, 0) is 9.53 Å². The molecule has 5 atom stereocenters. The van der Waals surface area contributed by atoms with Crippen LogP contribution in [0.5, 0.6) is 0 Å². The van der Waals surface area contributed by atoms with Crippen LogP contribution in [-0.4, -0.2) is 64.1 Å². The highest BCUT2D eigenvalue weighted by molar-refractivity contribution is 5.47. The molecule has 0 aliphatic carbocycles. The van der Waals surface area contributed by atoms with E-state index in [0.717, 1.165) is 0 Å². The highest BCUT2D eigenvalue weighted by atomic mass is 16.6. The van der Waals surface area contributed by atoms with Gasteiger partial charge in [0.15, 0.2) is 6.29 Å². The van der Waals surface area contributed by atoms with Gasteiger partial charge < -0.3 is 30.5 Å². The molecule has 5 N–H and O–H groups in total. The molecule has 7 nitrogen and oxygen atoms in total. The van der Waals surface area contributed by atoms with Crippen molar-refractivity contribution in [1.29, 1.82) is 0 Å². The largest absolute Gasteiger partial charge is 0.388 e. The van der Waals surface area contributed by atoms with E-state index in [9.17, 15) is 15.0 Å². The molecule has 7 heteroatoms. The Kier molecular flexibility index (Phi) is 3.78. The lowest BCUT2D eigenvalue weighted by Gasteiger charge is -2.38. The third-order valence-corrected chi connectivity index (χ3v) is 2.06. The molecule has 81 valence electrons. The van der Waals surface area contributed by atoms with Crippen LogP contribution in [0, 0.1) is 0 Å². The van der Waals surface area contributed by atoms with Crippen molar-refractivity contribution in [3.05, 3.63) is 0 Å². The Morgan fingerprint density at radius 2 is 1.79 bits per heavy atom. The summed E-state index contributed by atoms with van der Waals surface area (Å²) < 4.78 is 4.74. The van der Waals surface area contributed by atoms with E-state index in [1.807, 2.05) is 0 Å². The van der Waals surface area contributed by atoms with Crippen LogP contribution in [0.3, 0.4) is 0 Å². The highest BCUT2D eigenvalue weighted by Crippen LogP contribution is 2.18. The summed E-state index contributed by atoms with van der Waals surface area (Å²) in [5.41, 5.74) is 0. The lowest BCUT2D eigenvalue weighted by molar-refractivity contribution is -0.279. The topological polar surface area (TPSA) is 119 Å². The van der Waals surface area contributed by atoms with Crippen LogP contribution in [0.15, 0.2) is 0 Å². The maximum atomic E-state index is 9.83. The zero-order valence-electron chi connectivity index (χ0n) is 7.20. The van der Waals surface area contributed by atoms with Crippen molar-refractivity contribution < 1.29 is 30.0 Å². The molecule has 1 fully saturated rings. The number of hydrogen-bond acceptors (Lipinski definition) is 6. The van der Waals surface area contributed by atoms with E-state index < -0.39 is 30.7 Å². The number of hydrogen-bond donors (Lipinski definition) is 5. The van der Waals surface area contributed by atoms with Gasteiger partial charge in [-0.05, 0) is 0 Å². The Morgan fingerprint density at radius 3 is 2.36 bits per heavy atom. The normalized spacial score (nSPS) is 43.3. The summed E-state index contributed by atoms with van der Waals surface area (Å²) >= 11 is 0. The first-order valence-electron chi connectivity index (χ1n) is 4.05. The standard InChI is InChI=1S/C7H12NO6/c9-2-8-1-3-4(10)5(11)6(12)7(13)14-3/h3-7,10-13H,1H2,(H,8,9). The minimum atomic E-state index is -1.58. The van der Waals surface area contributed by atoms with E-state index in [1.54, 1.807) is 0 Å². The fourth-order valence-electron chi connectivity index (χ4n) is 1.24. The predicted molar refractivity (Wildman–Crippen MR) is 42.6 cm³/mol. The number of aliphatic hydroxyl groups excluding tert-OH is 4. The maximum Gasteiger partial charge on any atom is 0.309 e. The monoisotopic (exact) mass is 206 g/mol. The Bertz CT molecular complexity index is 201. The van der Waals surface area contributed by atoms with Crippen molar-refractivity contribution in [2.75, 3.05) is 6.54 Å². The smallest absolute Gasteiger partial charge is 0.309 e. The Labute approximate surface area is 79.9 Å². The first kappa shape index (κ1) is 11.3. The van der Waals surface area contributed by atoms with Crippen molar-refractivity contribution in [1.82, 2.24) is 5.32 Å². The van der Waals surface area contributed by atoms with Crippen LogP contribution in [0.2, 0.25) is 0 Å². The number of ether oxygens (including phenoxy) is 1. The predicted octanol–water partition coefficient (Wildman–Crippen LogP) is -3.56. The van der Waals surface area contributed by atoms with Gasteiger partial charge in [-0.3, -0.25) is 4.79 Å². The van der Waals surface area contributed by atoms with Crippen LogP contribution in [0.4, 0.5) is 0 Å². The molecule has 0 spiro atoms. The zero-order chi connectivity index (χ0) is 10.7. The van der Waals surface area contributed by atoms with E-state index in [1.165, 1.54) is 6.41 Å². The van der Waals surface area contributed by atoms with E-state index >= 15 is 0 Å². The Balaban J connectivity index is 2.55. The second-order valence-corrected chi connectivity index (χ2v) is 3.02. The number of nitrogens with one attached hydrogen (secondary N) is 1. The first-order valence-corrected chi connectivity index (χ1v) is 4.05. The molecule has 0 aromatic carbocycles. The quantitative estimate of drug-likeness (QED) is 0.305. The van der Waals surface area contributed by atoms with Gasteiger partial charge in [0.05, 0.1) is 0 Å². The van der Waals surface area contributed by atoms with Gasteiger partial charge in [-0.25, -0.2) is 0 Å². The third kappa shape index (κ3) is 2.20. The molecular formula is C7H12NO6. The summed E-state index contributed by atoms with van der Waals surface area (Å²) in [5, 5.41) is 38.8. The molecule has 0 aromatic heterocycles. The van der Waals surface area contributed by atoms with Gasteiger partial charge in [-0.15, -0.1) is 0 Å².